The standard InChI is InChI=1S/C51H39N5/c1-50(2)36-22-14-21-35-43-41(27-28-42-44(43)51(3,4)37-23-13-20-34-33-19-11-12-24-39(33)55(42)45(34)37)56(46(35)36)40-26-25-32(29-38(40)50)49-53-47(30-15-7-5-8-16-30)52-48(54-49)31-17-9-6-10-18-31/h5-29,33,39H,1-4H3. The van der Waals surface area contributed by atoms with Crippen molar-refractivity contribution in [3.63, 3.8) is 0 Å². The maximum Gasteiger partial charge on any atom is 0.164 e. The Morgan fingerprint density at radius 2 is 1.18 bits per heavy atom. The lowest BCUT2D eigenvalue weighted by molar-refractivity contribution is 0.626. The highest BCUT2D eigenvalue weighted by molar-refractivity contribution is 6.16. The van der Waals surface area contributed by atoms with Crippen molar-refractivity contribution >= 4 is 33.2 Å². The van der Waals surface area contributed by atoms with Crippen LogP contribution in [0.3, 0.4) is 0 Å². The smallest absolute Gasteiger partial charge is 0.164 e. The van der Waals surface area contributed by atoms with Crippen LogP contribution in [0, 0.1) is 0 Å². The minimum atomic E-state index is -0.286. The van der Waals surface area contributed by atoms with Gasteiger partial charge < -0.3 is 9.47 Å². The summed E-state index contributed by atoms with van der Waals surface area (Å²) in [5, 5.41) is 2.67. The van der Waals surface area contributed by atoms with E-state index in [0.29, 0.717) is 23.4 Å². The number of fused-ring (bicyclic) bond motifs is 11. The minimum Gasteiger partial charge on any atom is -0.333 e. The van der Waals surface area contributed by atoms with Crippen molar-refractivity contribution in [1.82, 2.24) is 19.5 Å². The van der Waals surface area contributed by atoms with Gasteiger partial charge in [0.25, 0.3) is 0 Å². The summed E-state index contributed by atoms with van der Waals surface area (Å²) in [5.41, 5.74) is 15.7. The second kappa shape index (κ2) is 11.0. The van der Waals surface area contributed by atoms with Crippen molar-refractivity contribution in [2.45, 2.75) is 50.5 Å². The lowest BCUT2D eigenvalue weighted by Crippen LogP contribution is -2.36. The van der Waals surface area contributed by atoms with E-state index >= 15 is 0 Å². The summed E-state index contributed by atoms with van der Waals surface area (Å²) in [5.74, 6) is 2.35. The molecule has 0 bridgehead atoms. The Bertz CT molecular complexity index is 2980. The van der Waals surface area contributed by atoms with E-state index in [1.165, 1.54) is 66.7 Å². The number of allylic oxidation sites excluding steroid dienone is 2. The van der Waals surface area contributed by atoms with Gasteiger partial charge in [-0.2, -0.15) is 0 Å². The van der Waals surface area contributed by atoms with Gasteiger partial charge in [-0.05, 0) is 58.1 Å². The molecule has 6 aromatic carbocycles. The zero-order valence-electron chi connectivity index (χ0n) is 31.8. The number of nitrogens with zero attached hydrogens (tertiary/aromatic N) is 5. The molecule has 268 valence electrons. The van der Waals surface area contributed by atoms with E-state index in [9.17, 15) is 0 Å². The molecule has 2 atom stereocenters. The van der Waals surface area contributed by atoms with Crippen LogP contribution >= 0.6 is 0 Å². The summed E-state index contributed by atoms with van der Waals surface area (Å²) in [7, 11) is 0. The summed E-state index contributed by atoms with van der Waals surface area (Å²) in [4.78, 5) is 17.8. The van der Waals surface area contributed by atoms with Gasteiger partial charge in [-0.15, -0.1) is 0 Å². The Balaban J connectivity index is 1.10. The molecule has 0 spiro atoms. The third-order valence-electron chi connectivity index (χ3n) is 13.1. The fraction of sp³-hybridized carbons (Fsp3) is 0.157. The predicted molar refractivity (Wildman–Crippen MR) is 228 cm³/mol. The van der Waals surface area contributed by atoms with Gasteiger partial charge in [-0.3, -0.25) is 0 Å². The Hall–Kier alpha value is -6.59. The average molecular weight is 722 g/mol. The molecule has 5 heteroatoms. The normalized spacial score (nSPS) is 18.8. The van der Waals surface area contributed by atoms with E-state index in [2.05, 4.69) is 152 Å². The van der Waals surface area contributed by atoms with Crippen LogP contribution in [-0.2, 0) is 10.8 Å². The van der Waals surface area contributed by atoms with Gasteiger partial charge in [-0.1, -0.05) is 149 Å². The minimum absolute atomic E-state index is 0.214. The predicted octanol–water partition coefficient (Wildman–Crippen LogP) is 12.0. The largest absolute Gasteiger partial charge is 0.333 e. The van der Waals surface area contributed by atoms with Gasteiger partial charge in [-0.25, -0.2) is 15.0 Å². The molecule has 0 radical (unpaired) electrons. The molecule has 3 aliphatic heterocycles. The molecule has 5 nitrogen and oxygen atoms in total. The first kappa shape index (κ1) is 31.7. The maximum atomic E-state index is 5.11. The lowest BCUT2D eigenvalue weighted by atomic mass is 9.71. The molecular formula is C51H39N5. The second-order valence-electron chi connectivity index (χ2n) is 16.8. The fourth-order valence-electron chi connectivity index (χ4n) is 10.5. The van der Waals surface area contributed by atoms with Crippen LogP contribution in [0.4, 0.5) is 11.4 Å². The first-order valence-electron chi connectivity index (χ1n) is 19.7. The molecule has 1 aliphatic carbocycles. The number of benzene rings is 6. The summed E-state index contributed by atoms with van der Waals surface area (Å²) in [6, 6.07) is 46.2. The fourth-order valence-corrected chi connectivity index (χ4v) is 10.5. The van der Waals surface area contributed by atoms with E-state index < -0.39 is 0 Å². The molecule has 2 aromatic heterocycles. The number of aromatic nitrogens is 4. The van der Waals surface area contributed by atoms with Crippen LogP contribution in [0.15, 0.2) is 152 Å². The van der Waals surface area contributed by atoms with E-state index in [0.717, 1.165) is 16.7 Å². The van der Waals surface area contributed by atoms with E-state index in [-0.39, 0.29) is 16.9 Å². The third-order valence-corrected chi connectivity index (χ3v) is 13.1. The zero-order chi connectivity index (χ0) is 37.5. The molecule has 2 unspecified atom stereocenters. The van der Waals surface area contributed by atoms with Crippen LogP contribution in [0.1, 0.15) is 61.4 Å². The van der Waals surface area contributed by atoms with Gasteiger partial charge in [0.05, 0.1) is 22.8 Å². The van der Waals surface area contributed by atoms with Gasteiger partial charge in [0.2, 0.25) is 0 Å². The highest BCUT2D eigenvalue weighted by Crippen LogP contribution is 2.61. The summed E-state index contributed by atoms with van der Waals surface area (Å²) in [6.07, 6.45) is 9.22. The molecule has 8 aromatic rings. The molecule has 0 N–H and O–H groups in total. The summed E-state index contributed by atoms with van der Waals surface area (Å²) < 4.78 is 2.54. The molecule has 0 fully saturated rings. The maximum absolute atomic E-state index is 5.11. The highest BCUT2D eigenvalue weighted by atomic mass is 15.2. The van der Waals surface area contributed by atoms with Crippen LogP contribution in [-0.4, -0.2) is 25.6 Å². The summed E-state index contributed by atoms with van der Waals surface area (Å²) >= 11 is 0. The molecular weight excluding hydrogens is 683 g/mol. The average Bonchev–Trinajstić information content (AvgIpc) is 3.76. The third kappa shape index (κ3) is 4.07. The number of para-hydroxylation sites is 2. The van der Waals surface area contributed by atoms with Gasteiger partial charge in [0.15, 0.2) is 17.5 Å². The van der Waals surface area contributed by atoms with Crippen molar-refractivity contribution in [3.05, 3.63) is 180 Å². The number of anilines is 2. The van der Waals surface area contributed by atoms with Crippen molar-refractivity contribution in [2.24, 2.45) is 0 Å². The van der Waals surface area contributed by atoms with Gasteiger partial charge >= 0.3 is 0 Å². The molecule has 12 rings (SSSR count). The number of rotatable bonds is 3. The van der Waals surface area contributed by atoms with Crippen LogP contribution in [0.25, 0.3) is 61.7 Å². The molecule has 56 heavy (non-hydrogen) atoms. The molecule has 4 aliphatic rings. The zero-order valence-corrected chi connectivity index (χ0v) is 31.8. The van der Waals surface area contributed by atoms with Crippen LogP contribution < -0.4 is 4.90 Å². The van der Waals surface area contributed by atoms with Gasteiger partial charge in [0.1, 0.15) is 0 Å². The number of hydrogen-bond donors (Lipinski definition) is 0. The molecule has 0 saturated carbocycles. The SMILES string of the molecule is CC1(C)c2cccc3c2N(c2ccc4c(c21)c1cccc2c1n4-c1ccc(-c4nc(-c5ccccc5)nc(-c5ccccc5)n4)cc1C2(C)C)C1C=CC=CC31. The Labute approximate surface area is 326 Å². The van der Waals surface area contributed by atoms with E-state index in [1.807, 2.05) is 36.4 Å². The quantitative estimate of drug-likeness (QED) is 0.182. The lowest BCUT2D eigenvalue weighted by Gasteiger charge is -2.42. The van der Waals surface area contributed by atoms with Crippen molar-refractivity contribution in [2.75, 3.05) is 4.90 Å². The Morgan fingerprint density at radius 3 is 1.91 bits per heavy atom. The molecule has 0 amide bonds. The van der Waals surface area contributed by atoms with Crippen LogP contribution in [0.2, 0.25) is 0 Å². The Morgan fingerprint density at radius 1 is 0.536 bits per heavy atom. The first-order valence-corrected chi connectivity index (χ1v) is 19.7. The van der Waals surface area contributed by atoms with Gasteiger partial charge in [0, 0.05) is 55.6 Å². The van der Waals surface area contributed by atoms with Crippen molar-refractivity contribution < 1.29 is 0 Å². The second-order valence-corrected chi connectivity index (χ2v) is 16.8. The van der Waals surface area contributed by atoms with Crippen molar-refractivity contribution in [1.29, 1.82) is 0 Å². The van der Waals surface area contributed by atoms with E-state index in [4.69, 9.17) is 15.0 Å². The number of hydrogen-bond acceptors (Lipinski definition) is 4. The Kier molecular flexibility index (Phi) is 6.24. The monoisotopic (exact) mass is 721 g/mol. The molecule has 5 heterocycles. The molecule has 0 saturated heterocycles. The van der Waals surface area contributed by atoms with E-state index in [1.54, 1.807) is 0 Å². The topological polar surface area (TPSA) is 46.8 Å². The summed E-state index contributed by atoms with van der Waals surface area (Å²) in [6.45, 7) is 9.61. The van der Waals surface area contributed by atoms with Crippen molar-refractivity contribution in [3.8, 4) is 39.9 Å². The first-order chi connectivity index (χ1) is 27.3. The highest BCUT2D eigenvalue weighted by Gasteiger charge is 2.48. The van der Waals surface area contributed by atoms with Crippen LogP contribution in [0.5, 0.6) is 0 Å².